The van der Waals surface area contributed by atoms with Crippen LogP contribution in [0.15, 0.2) is 0 Å². The number of hydrogen-bond donors (Lipinski definition) is 1. The van der Waals surface area contributed by atoms with Crippen LogP contribution in [0.4, 0.5) is 0 Å². The van der Waals surface area contributed by atoms with Crippen LogP contribution >= 0.6 is 0 Å². The highest BCUT2D eigenvalue weighted by Gasteiger charge is 2.25. The molecule has 0 saturated carbocycles. The molecule has 3 unspecified atom stereocenters. The Hall–Kier alpha value is -0.120. The molecule has 1 N–H and O–H groups in total. The summed E-state index contributed by atoms with van der Waals surface area (Å²) in [5.41, 5.74) is 0. The standard InChI is InChI=1S/C15H30N2O/c1-12(2)17-9-4-6-14(8-10-17)16-13(3)15-7-5-11-18-15/h12-16H,4-11H2,1-3H3. The molecule has 0 aromatic carbocycles. The van der Waals surface area contributed by atoms with Gasteiger partial charge in [-0.3, -0.25) is 0 Å². The number of hydrogen-bond acceptors (Lipinski definition) is 3. The predicted molar refractivity (Wildman–Crippen MR) is 75.9 cm³/mol. The summed E-state index contributed by atoms with van der Waals surface area (Å²) in [6, 6.07) is 1.90. The molecule has 106 valence electrons. The molecule has 2 rings (SSSR count). The third-order valence-electron chi connectivity index (χ3n) is 4.51. The van der Waals surface area contributed by atoms with Crippen molar-refractivity contribution in [3.63, 3.8) is 0 Å². The number of nitrogens with one attached hydrogen (secondary N) is 1. The smallest absolute Gasteiger partial charge is 0.0726 e. The van der Waals surface area contributed by atoms with Crippen LogP contribution in [-0.2, 0) is 4.74 Å². The number of ether oxygens (including phenoxy) is 1. The highest BCUT2D eigenvalue weighted by atomic mass is 16.5. The molecule has 2 aliphatic rings. The van der Waals surface area contributed by atoms with Crippen molar-refractivity contribution in [2.24, 2.45) is 0 Å². The first-order valence-electron chi connectivity index (χ1n) is 7.78. The van der Waals surface area contributed by atoms with E-state index in [2.05, 4.69) is 31.0 Å². The van der Waals surface area contributed by atoms with Gasteiger partial charge in [-0.1, -0.05) is 0 Å². The summed E-state index contributed by atoms with van der Waals surface area (Å²) in [5, 5.41) is 3.81. The van der Waals surface area contributed by atoms with Crippen LogP contribution in [0.2, 0.25) is 0 Å². The van der Waals surface area contributed by atoms with Gasteiger partial charge in [0, 0.05) is 24.7 Å². The molecule has 0 bridgehead atoms. The Morgan fingerprint density at radius 3 is 2.56 bits per heavy atom. The normalized spacial score (nSPS) is 32.7. The minimum atomic E-state index is 0.453. The summed E-state index contributed by atoms with van der Waals surface area (Å²) in [5.74, 6) is 0. The van der Waals surface area contributed by atoms with Crippen molar-refractivity contribution in [1.82, 2.24) is 10.2 Å². The maximum Gasteiger partial charge on any atom is 0.0726 e. The number of likely N-dealkylation sites (tertiary alicyclic amines) is 1. The summed E-state index contributed by atoms with van der Waals surface area (Å²) in [6.45, 7) is 10.4. The van der Waals surface area contributed by atoms with Gasteiger partial charge in [-0.25, -0.2) is 0 Å². The van der Waals surface area contributed by atoms with Gasteiger partial charge in [0.25, 0.3) is 0 Å². The Labute approximate surface area is 112 Å². The second-order valence-electron chi connectivity index (χ2n) is 6.26. The van der Waals surface area contributed by atoms with E-state index in [1.807, 2.05) is 0 Å². The van der Waals surface area contributed by atoms with Gasteiger partial charge in [0.2, 0.25) is 0 Å². The Morgan fingerprint density at radius 2 is 1.89 bits per heavy atom. The Kier molecular flexibility index (Phi) is 5.46. The molecule has 3 heteroatoms. The van der Waals surface area contributed by atoms with E-state index in [4.69, 9.17) is 4.74 Å². The largest absolute Gasteiger partial charge is 0.377 e. The lowest BCUT2D eigenvalue weighted by Gasteiger charge is -2.27. The lowest BCUT2D eigenvalue weighted by molar-refractivity contribution is 0.0788. The molecule has 2 fully saturated rings. The van der Waals surface area contributed by atoms with Gasteiger partial charge in [-0.15, -0.1) is 0 Å². The van der Waals surface area contributed by atoms with Crippen molar-refractivity contribution >= 4 is 0 Å². The molecule has 0 aromatic heterocycles. The SMILES string of the molecule is CC(NC1CCCN(C(C)C)CC1)C1CCCO1. The summed E-state index contributed by atoms with van der Waals surface area (Å²) >= 11 is 0. The fraction of sp³-hybridized carbons (Fsp3) is 1.00. The molecule has 2 saturated heterocycles. The third-order valence-corrected chi connectivity index (χ3v) is 4.51. The zero-order chi connectivity index (χ0) is 13.0. The quantitative estimate of drug-likeness (QED) is 0.834. The van der Waals surface area contributed by atoms with Crippen molar-refractivity contribution in [3.05, 3.63) is 0 Å². The van der Waals surface area contributed by atoms with Crippen molar-refractivity contribution < 1.29 is 4.74 Å². The minimum Gasteiger partial charge on any atom is -0.377 e. The van der Waals surface area contributed by atoms with Crippen LogP contribution in [0.1, 0.15) is 52.9 Å². The van der Waals surface area contributed by atoms with E-state index >= 15 is 0 Å². The van der Waals surface area contributed by atoms with Crippen LogP contribution in [0.3, 0.4) is 0 Å². The van der Waals surface area contributed by atoms with Gasteiger partial charge < -0.3 is 15.0 Å². The number of rotatable bonds is 4. The minimum absolute atomic E-state index is 0.453. The van der Waals surface area contributed by atoms with Crippen molar-refractivity contribution in [3.8, 4) is 0 Å². The van der Waals surface area contributed by atoms with Crippen molar-refractivity contribution in [1.29, 1.82) is 0 Å². The van der Waals surface area contributed by atoms with Crippen LogP contribution in [0.5, 0.6) is 0 Å². The molecule has 0 aromatic rings. The molecule has 3 atom stereocenters. The molecule has 2 heterocycles. The molecular weight excluding hydrogens is 224 g/mol. The molecular formula is C15H30N2O. The van der Waals surface area contributed by atoms with Gasteiger partial charge in [0.15, 0.2) is 0 Å². The van der Waals surface area contributed by atoms with E-state index in [9.17, 15) is 0 Å². The topological polar surface area (TPSA) is 24.5 Å². The summed E-state index contributed by atoms with van der Waals surface area (Å²) in [7, 11) is 0. The van der Waals surface area contributed by atoms with Crippen molar-refractivity contribution in [2.45, 2.75) is 77.1 Å². The first-order valence-corrected chi connectivity index (χ1v) is 7.78. The number of nitrogens with zero attached hydrogens (tertiary/aromatic N) is 1. The van der Waals surface area contributed by atoms with Crippen LogP contribution < -0.4 is 5.32 Å². The van der Waals surface area contributed by atoms with Gasteiger partial charge in [-0.2, -0.15) is 0 Å². The summed E-state index contributed by atoms with van der Waals surface area (Å²) < 4.78 is 5.77. The molecule has 3 nitrogen and oxygen atoms in total. The first-order chi connectivity index (χ1) is 8.66. The summed E-state index contributed by atoms with van der Waals surface area (Å²) in [6.07, 6.45) is 6.86. The molecule has 0 spiro atoms. The zero-order valence-corrected chi connectivity index (χ0v) is 12.3. The molecule has 18 heavy (non-hydrogen) atoms. The molecule has 0 amide bonds. The lowest BCUT2D eigenvalue weighted by Crippen LogP contribution is -2.43. The average Bonchev–Trinajstić information content (AvgIpc) is 2.77. The third kappa shape index (κ3) is 3.94. The van der Waals surface area contributed by atoms with Crippen LogP contribution in [-0.4, -0.2) is 48.8 Å². The van der Waals surface area contributed by atoms with Crippen LogP contribution in [0.25, 0.3) is 0 Å². The van der Waals surface area contributed by atoms with Crippen LogP contribution in [0, 0.1) is 0 Å². The fourth-order valence-corrected chi connectivity index (χ4v) is 3.28. The Balaban J connectivity index is 1.75. The second-order valence-corrected chi connectivity index (χ2v) is 6.26. The van der Waals surface area contributed by atoms with E-state index in [1.54, 1.807) is 0 Å². The summed E-state index contributed by atoms with van der Waals surface area (Å²) in [4.78, 5) is 2.61. The predicted octanol–water partition coefficient (Wildman–Crippen LogP) is 2.41. The first kappa shape index (κ1) is 14.3. The average molecular weight is 254 g/mol. The highest BCUT2D eigenvalue weighted by Crippen LogP contribution is 2.18. The molecule has 0 aliphatic carbocycles. The van der Waals surface area contributed by atoms with E-state index < -0.39 is 0 Å². The maximum atomic E-state index is 5.77. The van der Waals surface area contributed by atoms with E-state index in [1.165, 1.54) is 45.2 Å². The maximum absolute atomic E-state index is 5.77. The zero-order valence-electron chi connectivity index (χ0n) is 12.3. The van der Waals surface area contributed by atoms with E-state index in [-0.39, 0.29) is 0 Å². The van der Waals surface area contributed by atoms with Crippen molar-refractivity contribution in [2.75, 3.05) is 19.7 Å². The van der Waals surface area contributed by atoms with Gasteiger partial charge in [0.05, 0.1) is 6.10 Å². The van der Waals surface area contributed by atoms with E-state index in [0.29, 0.717) is 24.2 Å². The highest BCUT2D eigenvalue weighted by molar-refractivity contribution is 4.83. The van der Waals surface area contributed by atoms with Gasteiger partial charge in [0.1, 0.15) is 0 Å². The Bertz CT molecular complexity index is 239. The Morgan fingerprint density at radius 1 is 1.06 bits per heavy atom. The molecule has 2 aliphatic heterocycles. The van der Waals surface area contributed by atoms with E-state index in [0.717, 1.165) is 6.61 Å². The monoisotopic (exact) mass is 254 g/mol. The fourth-order valence-electron chi connectivity index (χ4n) is 3.28. The lowest BCUT2D eigenvalue weighted by atomic mass is 10.0. The van der Waals surface area contributed by atoms with Gasteiger partial charge >= 0.3 is 0 Å². The second kappa shape index (κ2) is 6.88. The molecule has 0 radical (unpaired) electrons. The van der Waals surface area contributed by atoms with Gasteiger partial charge in [-0.05, 0) is 66.0 Å².